The fourth-order valence-electron chi connectivity index (χ4n) is 0.985. The fraction of sp³-hybridized carbons (Fsp3) is 0.333. The predicted octanol–water partition coefficient (Wildman–Crippen LogP) is 0.984. The fourth-order valence-corrected chi connectivity index (χ4v) is 1.06. The smallest absolute Gasteiger partial charge is 0.166 e. The molecule has 0 bridgehead atoms. The highest BCUT2D eigenvalue weighted by Gasteiger charge is 1.94. The maximum atomic E-state index is 4.94. The van der Waals surface area contributed by atoms with Crippen LogP contribution in [0.15, 0.2) is 18.5 Å². The molecule has 0 atom stereocenters. The molecule has 70 valence electrons. The second-order valence-corrected chi connectivity index (χ2v) is 3.21. The van der Waals surface area contributed by atoms with E-state index in [4.69, 9.17) is 12.2 Å². The van der Waals surface area contributed by atoms with Gasteiger partial charge in [0.1, 0.15) is 0 Å². The van der Waals surface area contributed by atoms with Crippen molar-refractivity contribution in [3.05, 3.63) is 29.6 Å². The number of thiocarbonyl (C=S) groups is 1. The van der Waals surface area contributed by atoms with Gasteiger partial charge in [0, 0.05) is 26.0 Å². The predicted molar refractivity (Wildman–Crippen MR) is 57.5 cm³/mol. The summed E-state index contributed by atoms with van der Waals surface area (Å²) in [7, 11) is 1.80. The third-order valence-corrected chi connectivity index (χ3v) is 1.96. The number of hydrogen-bond donors (Lipinski definition) is 2. The van der Waals surface area contributed by atoms with E-state index < -0.39 is 0 Å². The average Bonchev–Trinajstić information content (AvgIpc) is 2.14. The highest BCUT2D eigenvalue weighted by atomic mass is 32.1. The van der Waals surface area contributed by atoms with Gasteiger partial charge in [-0.15, -0.1) is 0 Å². The molecular formula is C9H13N3S. The van der Waals surface area contributed by atoms with E-state index in [2.05, 4.69) is 21.7 Å². The Balaban J connectivity index is 2.50. The molecule has 3 nitrogen and oxygen atoms in total. The highest BCUT2D eigenvalue weighted by Crippen LogP contribution is 1.99. The zero-order chi connectivity index (χ0) is 9.68. The number of aryl methyl sites for hydroxylation is 1. The number of nitrogens with zero attached hydrogens (tertiary/aromatic N) is 1. The lowest BCUT2D eigenvalue weighted by Gasteiger charge is -2.06. The minimum Gasteiger partial charge on any atom is -0.366 e. The summed E-state index contributed by atoms with van der Waals surface area (Å²) in [4.78, 5) is 4.08. The molecule has 0 spiro atoms. The van der Waals surface area contributed by atoms with Crippen molar-refractivity contribution in [2.24, 2.45) is 0 Å². The van der Waals surface area contributed by atoms with Crippen LogP contribution in [0.2, 0.25) is 0 Å². The lowest BCUT2D eigenvalue weighted by molar-refractivity contribution is 0.882. The summed E-state index contributed by atoms with van der Waals surface area (Å²) < 4.78 is 0. The molecule has 0 amide bonds. The number of nitrogens with one attached hydrogen (secondary N) is 2. The van der Waals surface area contributed by atoms with E-state index >= 15 is 0 Å². The van der Waals surface area contributed by atoms with Crippen molar-refractivity contribution in [2.75, 3.05) is 7.05 Å². The zero-order valence-corrected chi connectivity index (χ0v) is 8.61. The van der Waals surface area contributed by atoms with Crippen LogP contribution in [0.4, 0.5) is 0 Å². The van der Waals surface area contributed by atoms with Gasteiger partial charge in [-0.3, -0.25) is 4.98 Å². The third-order valence-electron chi connectivity index (χ3n) is 1.61. The standard InChI is InChI=1S/C9H13N3S/c1-7-3-8(5-11-4-7)6-12-9(13)10-2/h3-5H,6H2,1-2H3,(H2,10,12,13). The topological polar surface area (TPSA) is 37.0 Å². The van der Waals surface area contributed by atoms with Crippen molar-refractivity contribution in [1.82, 2.24) is 15.6 Å². The van der Waals surface area contributed by atoms with Gasteiger partial charge in [0.05, 0.1) is 0 Å². The Morgan fingerprint density at radius 1 is 1.54 bits per heavy atom. The molecule has 1 aromatic rings. The zero-order valence-electron chi connectivity index (χ0n) is 7.79. The first-order valence-corrected chi connectivity index (χ1v) is 4.49. The molecule has 1 rings (SSSR count). The van der Waals surface area contributed by atoms with Crippen LogP contribution in [0.1, 0.15) is 11.1 Å². The average molecular weight is 195 g/mol. The summed E-state index contributed by atoms with van der Waals surface area (Å²) in [6.07, 6.45) is 3.66. The van der Waals surface area contributed by atoms with E-state index in [1.807, 2.05) is 19.3 Å². The van der Waals surface area contributed by atoms with Crippen molar-refractivity contribution < 1.29 is 0 Å². The Morgan fingerprint density at radius 2 is 2.31 bits per heavy atom. The second kappa shape index (κ2) is 4.77. The normalized spacial score (nSPS) is 9.38. The first kappa shape index (κ1) is 9.92. The van der Waals surface area contributed by atoms with E-state index in [1.165, 1.54) is 0 Å². The van der Waals surface area contributed by atoms with E-state index in [-0.39, 0.29) is 0 Å². The van der Waals surface area contributed by atoms with Gasteiger partial charge >= 0.3 is 0 Å². The molecule has 13 heavy (non-hydrogen) atoms. The summed E-state index contributed by atoms with van der Waals surface area (Å²) in [6, 6.07) is 2.08. The molecule has 1 heterocycles. The molecule has 0 aliphatic carbocycles. The second-order valence-electron chi connectivity index (χ2n) is 2.80. The lowest BCUT2D eigenvalue weighted by atomic mass is 10.2. The van der Waals surface area contributed by atoms with E-state index in [0.717, 1.165) is 11.1 Å². The van der Waals surface area contributed by atoms with E-state index in [9.17, 15) is 0 Å². The van der Waals surface area contributed by atoms with E-state index in [0.29, 0.717) is 11.7 Å². The van der Waals surface area contributed by atoms with Crippen LogP contribution < -0.4 is 10.6 Å². The van der Waals surface area contributed by atoms with Gasteiger partial charge in [0.25, 0.3) is 0 Å². The molecule has 0 saturated heterocycles. The SMILES string of the molecule is CNC(=S)NCc1cncc(C)c1. The van der Waals surface area contributed by atoms with Crippen molar-refractivity contribution >= 4 is 17.3 Å². The molecular weight excluding hydrogens is 182 g/mol. The summed E-state index contributed by atoms with van der Waals surface area (Å²) in [5.74, 6) is 0. The molecule has 1 aromatic heterocycles. The van der Waals surface area contributed by atoms with Crippen LogP contribution in [-0.4, -0.2) is 17.1 Å². The van der Waals surface area contributed by atoms with Crippen LogP contribution in [0.5, 0.6) is 0 Å². The van der Waals surface area contributed by atoms with Gasteiger partial charge in [-0.2, -0.15) is 0 Å². The summed E-state index contributed by atoms with van der Waals surface area (Å²) in [5.41, 5.74) is 2.30. The first-order valence-electron chi connectivity index (χ1n) is 4.08. The summed E-state index contributed by atoms with van der Waals surface area (Å²) >= 11 is 4.94. The van der Waals surface area contributed by atoms with Crippen LogP contribution in [0.25, 0.3) is 0 Å². The number of pyridine rings is 1. The molecule has 0 radical (unpaired) electrons. The molecule has 2 N–H and O–H groups in total. The number of rotatable bonds is 2. The lowest BCUT2D eigenvalue weighted by Crippen LogP contribution is -2.31. The maximum Gasteiger partial charge on any atom is 0.166 e. The minimum atomic E-state index is 0.654. The molecule has 0 unspecified atom stereocenters. The van der Waals surface area contributed by atoms with Crippen LogP contribution in [0, 0.1) is 6.92 Å². The van der Waals surface area contributed by atoms with Crippen LogP contribution in [0.3, 0.4) is 0 Å². The molecule has 0 aliphatic rings. The van der Waals surface area contributed by atoms with Crippen molar-refractivity contribution in [3.63, 3.8) is 0 Å². The maximum absolute atomic E-state index is 4.94. The van der Waals surface area contributed by atoms with Crippen molar-refractivity contribution in [2.45, 2.75) is 13.5 Å². The van der Waals surface area contributed by atoms with Crippen molar-refractivity contribution in [1.29, 1.82) is 0 Å². The quantitative estimate of drug-likeness (QED) is 0.690. The third kappa shape index (κ3) is 3.38. The monoisotopic (exact) mass is 195 g/mol. The Labute approximate surface area is 83.6 Å². The van der Waals surface area contributed by atoms with E-state index in [1.54, 1.807) is 7.05 Å². The Bertz CT molecular complexity index is 299. The summed E-state index contributed by atoms with van der Waals surface area (Å²) in [5, 5.41) is 6.56. The highest BCUT2D eigenvalue weighted by molar-refractivity contribution is 7.80. The first-order chi connectivity index (χ1) is 6.22. The minimum absolute atomic E-state index is 0.654. The molecule has 0 aromatic carbocycles. The van der Waals surface area contributed by atoms with Gasteiger partial charge in [-0.05, 0) is 30.3 Å². The van der Waals surface area contributed by atoms with Gasteiger partial charge in [0.2, 0.25) is 0 Å². The Kier molecular flexibility index (Phi) is 3.64. The van der Waals surface area contributed by atoms with Gasteiger partial charge in [-0.25, -0.2) is 0 Å². The van der Waals surface area contributed by atoms with Gasteiger partial charge in [-0.1, -0.05) is 6.07 Å². The molecule has 4 heteroatoms. The van der Waals surface area contributed by atoms with Crippen LogP contribution >= 0.6 is 12.2 Å². The van der Waals surface area contributed by atoms with Crippen LogP contribution in [-0.2, 0) is 6.54 Å². The van der Waals surface area contributed by atoms with Gasteiger partial charge < -0.3 is 10.6 Å². The Morgan fingerprint density at radius 3 is 2.92 bits per heavy atom. The number of aromatic nitrogens is 1. The van der Waals surface area contributed by atoms with Gasteiger partial charge in [0.15, 0.2) is 5.11 Å². The summed E-state index contributed by atoms with van der Waals surface area (Å²) in [6.45, 7) is 2.74. The number of hydrogen-bond acceptors (Lipinski definition) is 2. The Hall–Kier alpha value is -1.16. The molecule has 0 aliphatic heterocycles. The van der Waals surface area contributed by atoms with Crippen molar-refractivity contribution in [3.8, 4) is 0 Å². The molecule has 0 fully saturated rings. The molecule has 0 saturated carbocycles. The largest absolute Gasteiger partial charge is 0.366 e.